The number of hydrogen-bond acceptors (Lipinski definition) is 4. The van der Waals surface area contributed by atoms with Gasteiger partial charge in [0.1, 0.15) is 0 Å². The van der Waals surface area contributed by atoms with Crippen molar-refractivity contribution in [2.24, 2.45) is 5.41 Å². The molecular weight excluding hydrogens is 378 g/mol. The highest BCUT2D eigenvalue weighted by atomic mass is 32.2. The number of sulfonamides is 1. The lowest BCUT2D eigenvalue weighted by molar-refractivity contribution is -0.128. The Labute approximate surface area is 168 Å². The molecule has 0 radical (unpaired) electrons. The summed E-state index contributed by atoms with van der Waals surface area (Å²) in [6.45, 7) is 10.8. The summed E-state index contributed by atoms with van der Waals surface area (Å²) < 4.78 is 26.3. The van der Waals surface area contributed by atoms with Gasteiger partial charge in [-0.3, -0.25) is 9.59 Å². The van der Waals surface area contributed by atoms with E-state index in [1.807, 2.05) is 20.8 Å². The Hall–Kier alpha value is -1.93. The van der Waals surface area contributed by atoms with Gasteiger partial charge in [-0.05, 0) is 24.1 Å². The van der Waals surface area contributed by atoms with Gasteiger partial charge in [-0.2, -0.15) is 4.31 Å². The van der Waals surface area contributed by atoms with Gasteiger partial charge in [0.05, 0.1) is 4.90 Å². The summed E-state index contributed by atoms with van der Waals surface area (Å²) in [4.78, 5) is 23.9. The molecule has 0 bridgehead atoms. The minimum Gasteiger partial charge on any atom is -0.356 e. The number of amides is 2. The zero-order valence-corrected chi connectivity index (χ0v) is 18.4. The molecule has 0 fully saturated rings. The van der Waals surface area contributed by atoms with Gasteiger partial charge >= 0.3 is 0 Å². The van der Waals surface area contributed by atoms with E-state index in [2.05, 4.69) is 10.6 Å². The van der Waals surface area contributed by atoms with Crippen molar-refractivity contribution in [3.8, 4) is 0 Å². The topological polar surface area (TPSA) is 95.6 Å². The predicted octanol–water partition coefficient (Wildman–Crippen LogP) is 2.28. The second-order valence-corrected chi connectivity index (χ2v) is 9.56. The average Bonchev–Trinajstić information content (AvgIpc) is 2.63. The van der Waals surface area contributed by atoms with Crippen LogP contribution < -0.4 is 10.6 Å². The van der Waals surface area contributed by atoms with E-state index in [1.165, 1.54) is 4.31 Å². The quantitative estimate of drug-likeness (QED) is 0.578. The summed E-state index contributed by atoms with van der Waals surface area (Å²) in [5.41, 5.74) is 0.389. The molecule has 0 unspecified atom stereocenters. The molecule has 0 aliphatic carbocycles. The molecule has 1 rings (SSSR count). The van der Waals surface area contributed by atoms with Gasteiger partial charge in [0.15, 0.2) is 0 Å². The zero-order valence-electron chi connectivity index (χ0n) is 17.5. The van der Waals surface area contributed by atoms with E-state index in [0.717, 1.165) is 5.56 Å². The van der Waals surface area contributed by atoms with E-state index in [1.54, 1.807) is 38.1 Å². The van der Waals surface area contributed by atoms with E-state index in [4.69, 9.17) is 0 Å². The van der Waals surface area contributed by atoms with Crippen LogP contribution in [0, 0.1) is 5.41 Å². The molecule has 1 aromatic rings. The van der Waals surface area contributed by atoms with Crippen LogP contribution in [0.15, 0.2) is 29.2 Å². The Morgan fingerprint density at radius 3 is 2.07 bits per heavy atom. The molecule has 0 atom stereocenters. The highest BCUT2D eigenvalue weighted by Crippen LogP contribution is 2.16. The first-order chi connectivity index (χ1) is 13.0. The molecule has 7 nitrogen and oxygen atoms in total. The van der Waals surface area contributed by atoms with Crippen LogP contribution in [0.1, 0.15) is 53.0 Å². The monoisotopic (exact) mass is 411 g/mol. The molecule has 2 N–H and O–H groups in total. The summed E-state index contributed by atoms with van der Waals surface area (Å²) in [6.07, 6.45) is 0.882. The predicted molar refractivity (Wildman–Crippen MR) is 110 cm³/mol. The van der Waals surface area contributed by atoms with Crippen LogP contribution >= 0.6 is 0 Å². The van der Waals surface area contributed by atoms with E-state index in [0.29, 0.717) is 39.0 Å². The molecule has 0 heterocycles. The minimum atomic E-state index is -3.47. The number of nitrogens with zero attached hydrogens (tertiary/aromatic N) is 1. The Kier molecular flexibility index (Phi) is 9.10. The lowest BCUT2D eigenvalue weighted by Gasteiger charge is -2.18. The third-order valence-electron chi connectivity index (χ3n) is 4.30. The van der Waals surface area contributed by atoms with Crippen LogP contribution in [-0.2, 0) is 26.2 Å². The van der Waals surface area contributed by atoms with Crippen LogP contribution in [0.2, 0.25) is 0 Å². The SMILES string of the molecule is CCN(CC)S(=O)(=O)c1ccc(CNC(=O)CCCNC(=O)C(C)(C)C)cc1. The number of rotatable bonds is 10. The van der Waals surface area contributed by atoms with Gasteiger partial charge in [-0.15, -0.1) is 0 Å². The molecule has 1 aromatic carbocycles. The first kappa shape index (κ1) is 24.1. The third kappa shape index (κ3) is 7.24. The maximum absolute atomic E-state index is 12.5. The van der Waals surface area contributed by atoms with E-state index >= 15 is 0 Å². The van der Waals surface area contributed by atoms with Crippen molar-refractivity contribution in [2.75, 3.05) is 19.6 Å². The summed E-state index contributed by atoms with van der Waals surface area (Å²) in [5.74, 6) is -0.141. The molecule has 158 valence electrons. The van der Waals surface area contributed by atoms with Crippen molar-refractivity contribution in [3.05, 3.63) is 29.8 Å². The lowest BCUT2D eigenvalue weighted by Crippen LogP contribution is -2.35. The fraction of sp³-hybridized carbons (Fsp3) is 0.600. The van der Waals surface area contributed by atoms with Crippen molar-refractivity contribution in [1.82, 2.24) is 14.9 Å². The second kappa shape index (κ2) is 10.6. The molecule has 0 saturated heterocycles. The van der Waals surface area contributed by atoms with E-state index in [9.17, 15) is 18.0 Å². The molecule has 0 spiro atoms. The summed E-state index contributed by atoms with van der Waals surface area (Å²) in [5, 5.41) is 5.62. The molecule has 0 saturated carbocycles. The van der Waals surface area contributed by atoms with Crippen LogP contribution in [0.3, 0.4) is 0 Å². The Bertz CT molecular complexity index is 749. The number of carbonyl (C=O) groups is 2. The maximum atomic E-state index is 12.5. The number of carbonyl (C=O) groups excluding carboxylic acids is 2. The largest absolute Gasteiger partial charge is 0.356 e. The van der Waals surface area contributed by atoms with Crippen molar-refractivity contribution in [3.63, 3.8) is 0 Å². The Morgan fingerprint density at radius 1 is 1.00 bits per heavy atom. The molecule has 0 aliphatic rings. The van der Waals surface area contributed by atoms with E-state index in [-0.39, 0.29) is 16.7 Å². The number of nitrogens with one attached hydrogen (secondary N) is 2. The van der Waals surface area contributed by atoms with Crippen molar-refractivity contribution in [2.45, 2.75) is 58.9 Å². The Morgan fingerprint density at radius 2 is 1.57 bits per heavy atom. The standard InChI is InChI=1S/C20H33N3O4S/c1-6-23(7-2)28(26,27)17-12-10-16(11-13-17)15-22-18(24)9-8-14-21-19(25)20(3,4)5/h10-13H,6-9,14-15H2,1-5H3,(H,21,25)(H,22,24). The zero-order chi connectivity index (χ0) is 21.4. The molecule has 0 aromatic heterocycles. The highest BCUT2D eigenvalue weighted by Gasteiger charge is 2.21. The fourth-order valence-electron chi connectivity index (χ4n) is 2.50. The second-order valence-electron chi connectivity index (χ2n) is 7.62. The normalized spacial score (nSPS) is 12.1. The van der Waals surface area contributed by atoms with E-state index < -0.39 is 15.4 Å². The highest BCUT2D eigenvalue weighted by molar-refractivity contribution is 7.89. The number of benzene rings is 1. The van der Waals surface area contributed by atoms with Gasteiger partial charge < -0.3 is 10.6 Å². The van der Waals surface area contributed by atoms with Crippen molar-refractivity contribution >= 4 is 21.8 Å². The average molecular weight is 412 g/mol. The van der Waals surface area contributed by atoms with Gasteiger partial charge in [0.2, 0.25) is 21.8 Å². The molecule has 0 aliphatic heterocycles. The smallest absolute Gasteiger partial charge is 0.243 e. The molecular formula is C20H33N3O4S. The Balaban J connectivity index is 2.45. The van der Waals surface area contributed by atoms with Gasteiger partial charge in [-0.1, -0.05) is 46.8 Å². The summed E-state index contributed by atoms with van der Waals surface area (Å²) in [6, 6.07) is 6.55. The van der Waals surface area contributed by atoms with Crippen LogP contribution in [0.5, 0.6) is 0 Å². The molecule has 8 heteroatoms. The van der Waals surface area contributed by atoms with Crippen LogP contribution in [0.4, 0.5) is 0 Å². The van der Waals surface area contributed by atoms with Crippen LogP contribution in [-0.4, -0.2) is 44.2 Å². The van der Waals surface area contributed by atoms with Gasteiger partial charge in [-0.25, -0.2) is 8.42 Å². The lowest BCUT2D eigenvalue weighted by atomic mass is 9.96. The molecule has 28 heavy (non-hydrogen) atoms. The third-order valence-corrected chi connectivity index (χ3v) is 6.37. The summed E-state index contributed by atoms with van der Waals surface area (Å²) >= 11 is 0. The minimum absolute atomic E-state index is 0.0346. The first-order valence-electron chi connectivity index (χ1n) is 9.66. The van der Waals surface area contributed by atoms with Gasteiger partial charge in [0, 0.05) is 38.0 Å². The summed E-state index contributed by atoms with van der Waals surface area (Å²) in [7, 11) is -3.47. The van der Waals surface area contributed by atoms with Crippen molar-refractivity contribution in [1.29, 1.82) is 0 Å². The number of hydrogen-bond donors (Lipinski definition) is 2. The maximum Gasteiger partial charge on any atom is 0.243 e. The molecule has 2 amide bonds. The fourth-order valence-corrected chi connectivity index (χ4v) is 3.95. The van der Waals surface area contributed by atoms with Gasteiger partial charge in [0.25, 0.3) is 0 Å². The van der Waals surface area contributed by atoms with Crippen molar-refractivity contribution < 1.29 is 18.0 Å². The van der Waals surface area contributed by atoms with Crippen LogP contribution in [0.25, 0.3) is 0 Å². The first-order valence-corrected chi connectivity index (χ1v) is 11.1.